The van der Waals surface area contributed by atoms with Crippen LogP contribution in [0, 0.1) is 0 Å². The summed E-state index contributed by atoms with van der Waals surface area (Å²) in [6.45, 7) is 15.4. The molecule has 0 saturated carbocycles. The van der Waals surface area contributed by atoms with Gasteiger partial charge in [0.1, 0.15) is 0 Å². The third kappa shape index (κ3) is 5.49. The maximum Gasteiger partial charge on any atom is 0.250 e. The fourth-order valence-corrected chi connectivity index (χ4v) is 3.49. The van der Waals surface area contributed by atoms with Gasteiger partial charge in [-0.3, -0.25) is 4.79 Å². The zero-order chi connectivity index (χ0) is 18.5. The Labute approximate surface area is 153 Å². The van der Waals surface area contributed by atoms with E-state index < -0.39 is 8.32 Å². The van der Waals surface area contributed by atoms with Gasteiger partial charge in [0, 0.05) is 10.6 Å². The lowest BCUT2D eigenvalue weighted by Gasteiger charge is -2.38. The number of hydrogen-bond donors (Lipinski definition) is 0. The van der Waals surface area contributed by atoms with Gasteiger partial charge in [-0.1, -0.05) is 46.2 Å². The molecule has 0 N–H and O–H groups in total. The van der Waals surface area contributed by atoms with Crippen molar-refractivity contribution in [3.63, 3.8) is 0 Å². The van der Waals surface area contributed by atoms with Crippen molar-refractivity contribution < 1.29 is 9.22 Å². The maximum atomic E-state index is 12.7. The number of halogens is 1. The van der Waals surface area contributed by atoms with E-state index in [0.717, 1.165) is 18.6 Å². The van der Waals surface area contributed by atoms with Crippen molar-refractivity contribution in [3.8, 4) is 0 Å². The minimum absolute atomic E-state index is 0.0831. The van der Waals surface area contributed by atoms with Crippen molar-refractivity contribution in [1.29, 1.82) is 0 Å². The number of carbonyl (C=O) groups is 1. The van der Waals surface area contributed by atoms with E-state index >= 15 is 0 Å². The first kappa shape index (κ1) is 21.0. The second-order valence-corrected chi connectivity index (χ2v) is 12.9. The van der Waals surface area contributed by atoms with Crippen LogP contribution in [-0.2, 0) is 4.43 Å². The van der Waals surface area contributed by atoms with Gasteiger partial charge in [0.15, 0.2) is 5.78 Å². The molecule has 0 aliphatic carbocycles. The van der Waals surface area contributed by atoms with Crippen molar-refractivity contribution in [1.82, 2.24) is 0 Å². The molecule has 0 unspecified atom stereocenters. The molecule has 0 spiro atoms. The van der Waals surface area contributed by atoms with Gasteiger partial charge in [-0.15, -0.1) is 0 Å². The largest absolute Gasteiger partial charge is 0.546 e. The molecule has 0 saturated heterocycles. The first-order valence-electron chi connectivity index (χ1n) is 8.70. The number of ketones is 1. The Morgan fingerprint density at radius 1 is 1.08 bits per heavy atom. The summed E-state index contributed by atoms with van der Waals surface area (Å²) in [6, 6.07) is 7.08. The van der Waals surface area contributed by atoms with Crippen molar-refractivity contribution in [2.45, 2.75) is 72.0 Å². The molecule has 0 heterocycles. The average Bonchev–Trinajstić information content (AvgIpc) is 2.47. The standard InChI is InChI=1S/C20H31ClO2Si/c1-8-15(9-2)19(23-24(6,7)20(3,4)5)14-18(22)16-10-12-17(21)13-11-16/h10-13H,8-9,14H2,1-7H3. The Kier molecular flexibility index (Phi) is 7.30. The number of benzene rings is 1. The number of allylic oxidation sites excluding steroid dienone is 2. The lowest BCUT2D eigenvalue weighted by Crippen LogP contribution is -2.40. The number of rotatable bonds is 7. The van der Waals surface area contributed by atoms with Gasteiger partial charge in [0.25, 0.3) is 0 Å². The van der Waals surface area contributed by atoms with Crippen LogP contribution in [0.1, 0.15) is 64.2 Å². The first-order chi connectivity index (χ1) is 11.0. The van der Waals surface area contributed by atoms with E-state index in [1.165, 1.54) is 5.57 Å². The monoisotopic (exact) mass is 366 g/mol. The van der Waals surface area contributed by atoms with Crippen LogP contribution in [0.3, 0.4) is 0 Å². The van der Waals surface area contributed by atoms with Gasteiger partial charge in [-0.2, -0.15) is 0 Å². The molecule has 0 radical (unpaired) electrons. The van der Waals surface area contributed by atoms with E-state index in [0.29, 0.717) is 17.0 Å². The highest BCUT2D eigenvalue weighted by molar-refractivity contribution is 6.74. The predicted octanol–water partition coefficient (Wildman–Crippen LogP) is 7.01. The van der Waals surface area contributed by atoms with E-state index in [1.807, 2.05) is 0 Å². The van der Waals surface area contributed by atoms with E-state index in [-0.39, 0.29) is 10.8 Å². The maximum absolute atomic E-state index is 12.7. The van der Waals surface area contributed by atoms with Crippen molar-refractivity contribution in [2.24, 2.45) is 0 Å². The van der Waals surface area contributed by atoms with Crippen LogP contribution in [0.2, 0.25) is 23.2 Å². The van der Waals surface area contributed by atoms with E-state index in [1.54, 1.807) is 24.3 Å². The van der Waals surface area contributed by atoms with Gasteiger partial charge >= 0.3 is 0 Å². The summed E-state index contributed by atoms with van der Waals surface area (Å²) < 4.78 is 6.53. The average molecular weight is 367 g/mol. The van der Waals surface area contributed by atoms with Crippen molar-refractivity contribution in [2.75, 3.05) is 0 Å². The Balaban J connectivity index is 3.10. The Hall–Kier alpha value is -1.06. The zero-order valence-corrected chi connectivity index (χ0v) is 17.9. The molecule has 0 aromatic heterocycles. The van der Waals surface area contributed by atoms with Crippen LogP contribution in [0.15, 0.2) is 35.6 Å². The number of hydrogen-bond acceptors (Lipinski definition) is 2. The van der Waals surface area contributed by atoms with Gasteiger partial charge in [-0.25, -0.2) is 0 Å². The summed E-state index contributed by atoms with van der Waals surface area (Å²) >= 11 is 5.91. The summed E-state index contributed by atoms with van der Waals surface area (Å²) in [7, 11) is -1.97. The molecular formula is C20H31ClO2Si. The van der Waals surface area contributed by atoms with Gasteiger partial charge < -0.3 is 4.43 Å². The highest BCUT2D eigenvalue weighted by atomic mass is 35.5. The molecule has 0 fully saturated rings. The Morgan fingerprint density at radius 2 is 1.58 bits per heavy atom. The van der Waals surface area contributed by atoms with Crippen LogP contribution < -0.4 is 0 Å². The van der Waals surface area contributed by atoms with Crippen molar-refractivity contribution >= 4 is 25.7 Å². The van der Waals surface area contributed by atoms with E-state index in [9.17, 15) is 4.79 Å². The van der Waals surface area contributed by atoms with Crippen LogP contribution in [0.25, 0.3) is 0 Å². The number of Topliss-reactive ketones (excluding diaryl/α,β-unsaturated/α-hetero) is 1. The molecule has 134 valence electrons. The first-order valence-corrected chi connectivity index (χ1v) is 12.0. The van der Waals surface area contributed by atoms with Crippen molar-refractivity contribution in [3.05, 3.63) is 46.2 Å². The number of carbonyl (C=O) groups excluding carboxylic acids is 1. The minimum atomic E-state index is -1.97. The predicted molar refractivity (Wildman–Crippen MR) is 106 cm³/mol. The van der Waals surface area contributed by atoms with Crippen LogP contribution in [0.5, 0.6) is 0 Å². The summed E-state index contributed by atoms with van der Waals surface area (Å²) in [5.41, 5.74) is 1.92. The molecule has 0 aliphatic heterocycles. The molecule has 1 aromatic carbocycles. The molecule has 1 rings (SSSR count). The highest BCUT2D eigenvalue weighted by Gasteiger charge is 2.39. The molecule has 0 atom stereocenters. The summed E-state index contributed by atoms with van der Waals surface area (Å²) in [4.78, 5) is 12.7. The summed E-state index contributed by atoms with van der Waals surface area (Å²) in [6.07, 6.45) is 2.15. The molecule has 4 heteroatoms. The lowest BCUT2D eigenvalue weighted by atomic mass is 10.0. The topological polar surface area (TPSA) is 26.3 Å². The zero-order valence-electron chi connectivity index (χ0n) is 16.1. The minimum Gasteiger partial charge on any atom is -0.546 e. The second kappa shape index (κ2) is 8.35. The molecule has 0 aliphatic rings. The molecule has 0 bridgehead atoms. The summed E-state index contributed by atoms with van der Waals surface area (Å²) in [5.74, 6) is 0.964. The van der Waals surface area contributed by atoms with E-state index in [2.05, 4.69) is 47.7 Å². The second-order valence-electron chi connectivity index (χ2n) is 7.70. The third-order valence-electron chi connectivity index (χ3n) is 4.92. The lowest BCUT2D eigenvalue weighted by molar-refractivity contribution is 0.0980. The Bertz CT molecular complexity index is 589. The van der Waals surface area contributed by atoms with Crippen LogP contribution >= 0.6 is 11.6 Å². The Morgan fingerprint density at radius 3 is 2.00 bits per heavy atom. The quantitative estimate of drug-likeness (QED) is 0.294. The van der Waals surface area contributed by atoms with Gasteiger partial charge in [0.2, 0.25) is 8.32 Å². The fraction of sp³-hybridized carbons (Fsp3) is 0.550. The van der Waals surface area contributed by atoms with Crippen LogP contribution in [-0.4, -0.2) is 14.1 Å². The van der Waals surface area contributed by atoms with Gasteiger partial charge in [-0.05, 0) is 60.8 Å². The SMILES string of the molecule is CCC(CC)=C(CC(=O)c1ccc(Cl)cc1)O[Si](C)(C)C(C)(C)C. The normalized spacial score (nSPS) is 12.0. The van der Waals surface area contributed by atoms with Gasteiger partial charge in [0.05, 0.1) is 12.2 Å². The highest BCUT2D eigenvalue weighted by Crippen LogP contribution is 2.39. The molecule has 1 aromatic rings. The molecular weight excluding hydrogens is 336 g/mol. The third-order valence-corrected chi connectivity index (χ3v) is 9.54. The van der Waals surface area contributed by atoms with Crippen LogP contribution in [0.4, 0.5) is 0 Å². The smallest absolute Gasteiger partial charge is 0.250 e. The molecule has 24 heavy (non-hydrogen) atoms. The molecule has 0 amide bonds. The fourth-order valence-electron chi connectivity index (χ4n) is 2.22. The molecule has 2 nitrogen and oxygen atoms in total. The van der Waals surface area contributed by atoms with E-state index in [4.69, 9.17) is 16.0 Å². The summed E-state index contributed by atoms with van der Waals surface area (Å²) in [5, 5.41) is 0.747.